The Hall–Kier alpha value is -1.59. The van der Waals surface area contributed by atoms with Gasteiger partial charge in [0.05, 0.1) is 6.20 Å². The number of hydrogen-bond donors (Lipinski definition) is 0. The molecule has 3 nitrogen and oxygen atoms in total. The third-order valence-corrected chi connectivity index (χ3v) is 4.64. The van der Waals surface area contributed by atoms with Crippen LogP contribution in [-0.2, 0) is 6.42 Å². The molecule has 0 bridgehead atoms. The normalized spacial score (nSPS) is 11.0. The first-order chi connectivity index (χ1) is 9.30. The number of rotatable bonds is 4. The van der Waals surface area contributed by atoms with Gasteiger partial charge < -0.3 is 0 Å². The van der Waals surface area contributed by atoms with Crippen molar-refractivity contribution in [2.45, 2.75) is 11.3 Å². The van der Waals surface area contributed by atoms with Gasteiger partial charge in [0.15, 0.2) is 11.2 Å². The van der Waals surface area contributed by atoms with E-state index in [1.54, 1.807) is 29.3 Å². The molecular formula is C14H12N2OS2. The summed E-state index contributed by atoms with van der Waals surface area (Å²) in [5, 5.41) is 0. The zero-order valence-electron chi connectivity index (χ0n) is 10.4. The molecule has 0 aliphatic rings. The molecule has 96 valence electrons. The van der Waals surface area contributed by atoms with Crippen molar-refractivity contribution in [3.05, 3.63) is 52.8 Å². The van der Waals surface area contributed by atoms with Crippen molar-refractivity contribution in [2.24, 2.45) is 0 Å². The van der Waals surface area contributed by atoms with Gasteiger partial charge in [0.25, 0.3) is 0 Å². The van der Waals surface area contributed by atoms with E-state index < -0.39 is 0 Å². The molecule has 5 heteroatoms. The van der Waals surface area contributed by atoms with Crippen LogP contribution in [0.25, 0.3) is 4.96 Å². The van der Waals surface area contributed by atoms with Gasteiger partial charge in [-0.25, -0.2) is 4.98 Å². The lowest BCUT2D eigenvalue weighted by Crippen LogP contribution is -1.88. The van der Waals surface area contributed by atoms with Gasteiger partial charge in [0.2, 0.25) is 0 Å². The minimum atomic E-state index is 0.607. The average Bonchev–Trinajstić information content (AvgIpc) is 2.98. The fourth-order valence-electron chi connectivity index (χ4n) is 2.00. The predicted octanol–water partition coefficient (Wildman–Crippen LogP) is 3.52. The Morgan fingerprint density at radius 1 is 1.47 bits per heavy atom. The summed E-state index contributed by atoms with van der Waals surface area (Å²) in [6.07, 6.45) is 7.40. The molecule has 0 saturated heterocycles. The first-order valence-corrected chi connectivity index (χ1v) is 7.88. The maximum absolute atomic E-state index is 10.9. The van der Waals surface area contributed by atoms with Gasteiger partial charge in [0, 0.05) is 22.4 Å². The molecule has 0 N–H and O–H groups in total. The number of carbonyl (C=O) groups is 1. The van der Waals surface area contributed by atoms with E-state index in [1.807, 2.05) is 10.6 Å². The molecule has 0 spiro atoms. The van der Waals surface area contributed by atoms with Crippen LogP contribution in [0.5, 0.6) is 0 Å². The fourth-order valence-corrected chi connectivity index (χ4v) is 3.48. The van der Waals surface area contributed by atoms with Crippen LogP contribution in [0.1, 0.15) is 20.9 Å². The van der Waals surface area contributed by atoms with Crippen molar-refractivity contribution < 1.29 is 4.79 Å². The van der Waals surface area contributed by atoms with Crippen LogP contribution in [0.4, 0.5) is 0 Å². The number of thioether (sulfide) groups is 1. The molecule has 0 unspecified atom stereocenters. The molecule has 0 fully saturated rings. The van der Waals surface area contributed by atoms with Crippen LogP contribution >= 0.6 is 23.1 Å². The first-order valence-electron chi connectivity index (χ1n) is 5.84. The molecule has 19 heavy (non-hydrogen) atoms. The van der Waals surface area contributed by atoms with E-state index in [9.17, 15) is 4.79 Å². The van der Waals surface area contributed by atoms with Crippen LogP contribution in [0.3, 0.4) is 0 Å². The summed E-state index contributed by atoms with van der Waals surface area (Å²) < 4.78 is 1.85. The molecule has 3 aromatic rings. The number of carbonyl (C=O) groups excluding carboxylic acids is 1. The second-order valence-electron chi connectivity index (χ2n) is 4.18. The molecule has 3 rings (SSSR count). The third-order valence-electron chi connectivity index (χ3n) is 2.92. The second kappa shape index (κ2) is 5.19. The average molecular weight is 288 g/mol. The Labute approximate surface area is 119 Å². The van der Waals surface area contributed by atoms with E-state index >= 15 is 0 Å². The minimum absolute atomic E-state index is 0.607. The third kappa shape index (κ3) is 2.43. The molecule has 2 heterocycles. The first kappa shape index (κ1) is 12.4. The number of aldehydes is 1. The highest BCUT2D eigenvalue weighted by atomic mass is 32.2. The van der Waals surface area contributed by atoms with E-state index in [0.717, 1.165) is 17.7 Å². The van der Waals surface area contributed by atoms with Crippen molar-refractivity contribution in [3.63, 3.8) is 0 Å². The minimum Gasteiger partial charge on any atom is -0.296 e. The van der Waals surface area contributed by atoms with Crippen LogP contribution in [0, 0.1) is 0 Å². The summed E-state index contributed by atoms with van der Waals surface area (Å²) in [6.45, 7) is 0. The highest BCUT2D eigenvalue weighted by Crippen LogP contribution is 2.23. The van der Waals surface area contributed by atoms with Crippen LogP contribution in [-0.4, -0.2) is 21.9 Å². The maximum atomic E-state index is 10.9. The van der Waals surface area contributed by atoms with Gasteiger partial charge in [0.1, 0.15) is 5.69 Å². The highest BCUT2D eigenvalue weighted by molar-refractivity contribution is 7.98. The summed E-state index contributed by atoms with van der Waals surface area (Å²) in [5.74, 6) is 0. The van der Waals surface area contributed by atoms with Crippen molar-refractivity contribution in [2.75, 3.05) is 6.26 Å². The molecule has 0 amide bonds. The lowest BCUT2D eigenvalue weighted by Gasteiger charge is -2.01. The number of nitrogens with zero attached hydrogens (tertiary/aromatic N) is 2. The Balaban J connectivity index is 1.91. The van der Waals surface area contributed by atoms with E-state index in [-0.39, 0.29) is 0 Å². The lowest BCUT2D eigenvalue weighted by atomic mass is 10.1. The van der Waals surface area contributed by atoms with E-state index in [0.29, 0.717) is 5.69 Å². The summed E-state index contributed by atoms with van der Waals surface area (Å²) in [5.41, 5.74) is 1.89. The zero-order valence-corrected chi connectivity index (χ0v) is 12.0. The molecule has 0 atom stereocenters. The largest absolute Gasteiger partial charge is 0.296 e. The summed E-state index contributed by atoms with van der Waals surface area (Å²) >= 11 is 3.37. The number of fused-ring (bicyclic) bond motifs is 1. The van der Waals surface area contributed by atoms with E-state index in [1.165, 1.54) is 15.3 Å². The molecular weight excluding hydrogens is 276 g/mol. The number of benzene rings is 1. The van der Waals surface area contributed by atoms with E-state index in [2.05, 4.69) is 35.5 Å². The molecule has 1 aromatic carbocycles. The standard InChI is InChI=1S/C14H12N2OS2/c1-18-12-4-2-3-10(5-12)6-13-8-16-11(9-17)7-15-14(16)19-13/h2-5,7-9H,6H2,1H3. The quantitative estimate of drug-likeness (QED) is 0.544. The number of hydrogen-bond acceptors (Lipinski definition) is 4. The molecule has 0 aliphatic heterocycles. The van der Waals surface area contributed by atoms with Gasteiger partial charge >= 0.3 is 0 Å². The summed E-state index contributed by atoms with van der Waals surface area (Å²) in [4.78, 5) is 18.5. The van der Waals surface area contributed by atoms with Crippen LogP contribution < -0.4 is 0 Å². The molecule has 0 aliphatic carbocycles. The maximum Gasteiger partial charge on any atom is 0.194 e. The highest BCUT2D eigenvalue weighted by Gasteiger charge is 2.08. The Kier molecular flexibility index (Phi) is 3.40. The Morgan fingerprint density at radius 2 is 2.37 bits per heavy atom. The number of aromatic nitrogens is 2. The number of thiazole rings is 1. The van der Waals surface area contributed by atoms with Gasteiger partial charge in [-0.05, 0) is 24.0 Å². The zero-order chi connectivity index (χ0) is 13.2. The van der Waals surface area contributed by atoms with Crippen molar-refractivity contribution >= 4 is 34.3 Å². The summed E-state index contributed by atoms with van der Waals surface area (Å²) in [7, 11) is 0. The Bertz CT molecular complexity index is 730. The summed E-state index contributed by atoms with van der Waals surface area (Å²) in [6, 6.07) is 8.52. The van der Waals surface area contributed by atoms with Gasteiger partial charge in [-0.2, -0.15) is 0 Å². The second-order valence-corrected chi connectivity index (χ2v) is 6.15. The van der Waals surface area contributed by atoms with Crippen molar-refractivity contribution in [1.82, 2.24) is 9.38 Å². The lowest BCUT2D eigenvalue weighted by molar-refractivity contribution is 0.111. The van der Waals surface area contributed by atoms with Gasteiger partial charge in [-0.3, -0.25) is 9.20 Å². The fraction of sp³-hybridized carbons (Fsp3) is 0.143. The molecule has 0 radical (unpaired) electrons. The Morgan fingerprint density at radius 3 is 3.16 bits per heavy atom. The topological polar surface area (TPSA) is 34.4 Å². The van der Waals surface area contributed by atoms with Crippen LogP contribution in [0.2, 0.25) is 0 Å². The monoisotopic (exact) mass is 288 g/mol. The smallest absolute Gasteiger partial charge is 0.194 e. The molecule has 2 aromatic heterocycles. The SMILES string of the molecule is CSc1cccc(Cc2cn3c(C=O)cnc3s2)c1. The number of imidazole rings is 1. The van der Waals surface area contributed by atoms with Gasteiger partial charge in [-0.1, -0.05) is 12.1 Å². The van der Waals surface area contributed by atoms with Crippen LogP contribution in [0.15, 0.2) is 41.6 Å². The van der Waals surface area contributed by atoms with Crippen molar-refractivity contribution in [1.29, 1.82) is 0 Å². The predicted molar refractivity (Wildman–Crippen MR) is 79.5 cm³/mol. The van der Waals surface area contributed by atoms with Crippen molar-refractivity contribution in [3.8, 4) is 0 Å². The van der Waals surface area contributed by atoms with Gasteiger partial charge in [-0.15, -0.1) is 23.1 Å². The van der Waals surface area contributed by atoms with E-state index in [4.69, 9.17) is 0 Å². The molecule has 0 saturated carbocycles.